The van der Waals surface area contributed by atoms with E-state index in [-0.39, 0.29) is 0 Å². The molecule has 0 saturated carbocycles. The number of carbonyl (C=O) groups is 1. The van der Waals surface area contributed by atoms with Crippen LogP contribution in [0.4, 0.5) is 0 Å². The largest absolute Gasteiger partial charge is 0.478 e. The first-order chi connectivity index (χ1) is 7.25. The number of carboxylic acids is 1. The maximum absolute atomic E-state index is 10.5. The van der Waals surface area contributed by atoms with Gasteiger partial charge in [0.25, 0.3) is 0 Å². The van der Waals surface area contributed by atoms with E-state index in [2.05, 4.69) is 4.98 Å². The van der Waals surface area contributed by atoms with Gasteiger partial charge in [-0.25, -0.2) is 4.79 Å². The molecule has 0 aromatic carbocycles. The fourth-order valence-corrected chi connectivity index (χ4v) is 1.67. The van der Waals surface area contributed by atoms with Gasteiger partial charge in [0.15, 0.2) is 0 Å². The van der Waals surface area contributed by atoms with E-state index in [1.807, 2.05) is 24.3 Å². The van der Waals surface area contributed by atoms with Crippen molar-refractivity contribution in [3.63, 3.8) is 0 Å². The highest BCUT2D eigenvalue weighted by molar-refractivity contribution is 5.83. The van der Waals surface area contributed by atoms with Gasteiger partial charge >= 0.3 is 5.97 Å². The minimum absolute atomic E-state index is 0.790. The van der Waals surface area contributed by atoms with Crippen LogP contribution in [0, 0.1) is 0 Å². The number of rotatable bonds is 2. The van der Waals surface area contributed by atoms with Gasteiger partial charge in [-0.3, -0.25) is 4.98 Å². The number of hydrogen-bond donors (Lipinski definition) is 1. The van der Waals surface area contributed by atoms with Crippen LogP contribution < -0.4 is 0 Å². The Morgan fingerprint density at radius 3 is 2.93 bits per heavy atom. The fraction of sp³-hybridized carbons (Fsp3) is 0.167. The third-order valence-electron chi connectivity index (χ3n) is 2.35. The van der Waals surface area contributed by atoms with E-state index in [0.29, 0.717) is 0 Å². The van der Waals surface area contributed by atoms with Crippen LogP contribution in [0.5, 0.6) is 0 Å². The lowest BCUT2D eigenvalue weighted by atomic mass is 10.1. The summed E-state index contributed by atoms with van der Waals surface area (Å²) in [5.41, 5.74) is 2.91. The van der Waals surface area contributed by atoms with Crippen LogP contribution >= 0.6 is 0 Å². The van der Waals surface area contributed by atoms with Crippen molar-refractivity contribution < 1.29 is 9.90 Å². The van der Waals surface area contributed by atoms with Gasteiger partial charge in [-0.05, 0) is 36.1 Å². The Kier molecular flexibility index (Phi) is 2.63. The zero-order chi connectivity index (χ0) is 10.7. The third kappa shape index (κ3) is 2.31. The van der Waals surface area contributed by atoms with Gasteiger partial charge in [0.1, 0.15) is 0 Å². The van der Waals surface area contributed by atoms with E-state index in [9.17, 15) is 4.79 Å². The molecule has 1 heterocycles. The number of hydrogen-bond acceptors (Lipinski definition) is 2. The Morgan fingerprint density at radius 1 is 1.40 bits per heavy atom. The van der Waals surface area contributed by atoms with E-state index in [0.717, 1.165) is 29.7 Å². The van der Waals surface area contributed by atoms with Gasteiger partial charge in [-0.1, -0.05) is 12.1 Å². The van der Waals surface area contributed by atoms with Crippen LogP contribution in [-0.2, 0) is 4.79 Å². The number of carboxylic acid groups (broad SMARTS) is 1. The molecule has 0 fully saturated rings. The first-order valence-corrected chi connectivity index (χ1v) is 4.81. The summed E-state index contributed by atoms with van der Waals surface area (Å²) < 4.78 is 0. The fourth-order valence-electron chi connectivity index (χ4n) is 1.67. The van der Waals surface area contributed by atoms with Crippen molar-refractivity contribution in [3.05, 3.63) is 47.8 Å². The first kappa shape index (κ1) is 9.65. The molecule has 0 saturated heterocycles. The van der Waals surface area contributed by atoms with Gasteiger partial charge in [0, 0.05) is 12.3 Å². The van der Waals surface area contributed by atoms with Crippen LogP contribution in [0.25, 0.3) is 5.57 Å². The molecule has 1 N–H and O–H groups in total. The SMILES string of the molecule is O=C(O)/C=C1/C=C(c2ccccn2)CC1. The van der Waals surface area contributed by atoms with Crippen molar-refractivity contribution in [2.45, 2.75) is 12.8 Å². The van der Waals surface area contributed by atoms with Gasteiger partial charge in [0.05, 0.1) is 5.69 Å². The molecule has 0 spiro atoms. The average molecular weight is 201 g/mol. The van der Waals surface area contributed by atoms with Crippen molar-refractivity contribution in [3.8, 4) is 0 Å². The zero-order valence-electron chi connectivity index (χ0n) is 8.18. The second kappa shape index (κ2) is 4.09. The zero-order valence-corrected chi connectivity index (χ0v) is 8.18. The van der Waals surface area contributed by atoms with E-state index < -0.39 is 5.97 Å². The van der Waals surface area contributed by atoms with Crippen LogP contribution in [0.2, 0.25) is 0 Å². The van der Waals surface area contributed by atoms with Crippen LogP contribution in [0.3, 0.4) is 0 Å². The molecule has 0 bridgehead atoms. The summed E-state index contributed by atoms with van der Waals surface area (Å²) in [5.74, 6) is -0.886. The predicted molar refractivity (Wildman–Crippen MR) is 57.2 cm³/mol. The van der Waals surface area contributed by atoms with Gasteiger partial charge in [-0.2, -0.15) is 0 Å². The van der Waals surface area contributed by atoms with Crippen molar-refractivity contribution in [2.24, 2.45) is 0 Å². The van der Waals surface area contributed by atoms with Crippen molar-refractivity contribution in [2.75, 3.05) is 0 Å². The summed E-state index contributed by atoms with van der Waals surface area (Å²) in [6.45, 7) is 0. The number of allylic oxidation sites excluding steroid dienone is 3. The summed E-state index contributed by atoms with van der Waals surface area (Å²) in [7, 11) is 0. The number of aromatic nitrogens is 1. The normalized spacial score (nSPS) is 17.9. The molecule has 0 unspecified atom stereocenters. The Labute approximate surface area is 87.8 Å². The molecule has 0 amide bonds. The molecule has 1 aliphatic rings. The number of aliphatic carboxylic acids is 1. The standard InChI is InChI=1S/C12H11NO2/c14-12(15)8-9-4-5-10(7-9)11-3-1-2-6-13-11/h1-3,6-8H,4-5H2,(H,14,15)/b9-8+. The lowest BCUT2D eigenvalue weighted by Crippen LogP contribution is -1.88. The highest BCUT2D eigenvalue weighted by Gasteiger charge is 2.12. The van der Waals surface area contributed by atoms with E-state index in [4.69, 9.17) is 5.11 Å². The Bertz CT molecular complexity index is 432. The highest BCUT2D eigenvalue weighted by Crippen LogP contribution is 2.29. The lowest BCUT2D eigenvalue weighted by molar-refractivity contribution is -0.131. The molecule has 0 radical (unpaired) electrons. The lowest BCUT2D eigenvalue weighted by Gasteiger charge is -1.97. The van der Waals surface area contributed by atoms with Gasteiger partial charge in [-0.15, -0.1) is 0 Å². The number of pyridine rings is 1. The Hall–Kier alpha value is -1.90. The van der Waals surface area contributed by atoms with Crippen LogP contribution in [0.1, 0.15) is 18.5 Å². The molecule has 0 atom stereocenters. The summed E-state index contributed by atoms with van der Waals surface area (Å²) >= 11 is 0. The van der Waals surface area contributed by atoms with Crippen molar-refractivity contribution in [1.82, 2.24) is 4.98 Å². The molecule has 3 heteroatoms. The van der Waals surface area contributed by atoms with Gasteiger partial charge in [0.2, 0.25) is 0 Å². The monoisotopic (exact) mass is 201 g/mol. The van der Waals surface area contributed by atoms with Crippen molar-refractivity contribution in [1.29, 1.82) is 0 Å². The molecule has 76 valence electrons. The molecule has 3 nitrogen and oxygen atoms in total. The molecular weight excluding hydrogens is 190 g/mol. The molecule has 1 aromatic rings. The first-order valence-electron chi connectivity index (χ1n) is 4.81. The molecule has 1 aromatic heterocycles. The highest BCUT2D eigenvalue weighted by atomic mass is 16.4. The second-order valence-corrected chi connectivity index (χ2v) is 3.44. The molecular formula is C12H11NO2. The average Bonchev–Trinajstić information content (AvgIpc) is 2.67. The smallest absolute Gasteiger partial charge is 0.328 e. The maximum atomic E-state index is 10.5. The Balaban J connectivity index is 2.24. The topological polar surface area (TPSA) is 50.2 Å². The van der Waals surface area contributed by atoms with Crippen LogP contribution in [-0.4, -0.2) is 16.1 Å². The summed E-state index contributed by atoms with van der Waals surface area (Å²) in [4.78, 5) is 14.7. The van der Waals surface area contributed by atoms with Gasteiger partial charge < -0.3 is 5.11 Å². The summed E-state index contributed by atoms with van der Waals surface area (Å²) in [5, 5.41) is 8.61. The Morgan fingerprint density at radius 2 is 2.27 bits per heavy atom. The van der Waals surface area contributed by atoms with E-state index >= 15 is 0 Å². The molecule has 15 heavy (non-hydrogen) atoms. The third-order valence-corrected chi connectivity index (χ3v) is 2.35. The van der Waals surface area contributed by atoms with E-state index in [1.165, 1.54) is 6.08 Å². The van der Waals surface area contributed by atoms with Crippen molar-refractivity contribution >= 4 is 11.5 Å². The van der Waals surface area contributed by atoms with E-state index in [1.54, 1.807) is 6.20 Å². The number of nitrogens with zero attached hydrogens (tertiary/aromatic N) is 1. The summed E-state index contributed by atoms with van der Waals surface area (Å²) in [6.07, 6.45) is 6.58. The molecule has 1 aliphatic carbocycles. The predicted octanol–water partition coefficient (Wildman–Crippen LogP) is 2.27. The second-order valence-electron chi connectivity index (χ2n) is 3.44. The molecule has 2 rings (SSSR count). The maximum Gasteiger partial charge on any atom is 0.328 e. The van der Waals surface area contributed by atoms with Crippen LogP contribution in [0.15, 0.2) is 42.1 Å². The molecule has 0 aliphatic heterocycles. The summed E-state index contributed by atoms with van der Waals surface area (Å²) in [6, 6.07) is 5.74. The minimum atomic E-state index is -0.886. The minimum Gasteiger partial charge on any atom is -0.478 e. The quantitative estimate of drug-likeness (QED) is 0.747.